The lowest BCUT2D eigenvalue weighted by molar-refractivity contribution is -0.136. The minimum absolute atomic E-state index is 0.0616. The standard InChI is InChI=1S/C42H49N7O9/c1-45(2)19-32-34(56-4)14-24(15-35(32)57-5)30-20-46(3)38(52)31-21-48(11-10-27(30)31)41(55)43-25-17-42(18-25)22-47(23-42)12-13-58-26-6-7-28-29(16-26)40(54)49(39(28)53)33-8-9-36(50)44-37(33)51/h6-7,14-16,20,25,33H,8-13,17-19,21-23H2,1-5H3,(H,43,55)(H,44,50,51). The number of hydrogen-bond donors (Lipinski definition) is 2. The number of ether oxygens (including phenoxy) is 3. The number of nitrogens with one attached hydrogen (secondary N) is 2. The van der Waals surface area contributed by atoms with Gasteiger partial charge in [0.2, 0.25) is 11.8 Å². The molecule has 1 saturated carbocycles. The highest BCUT2D eigenvalue weighted by Gasteiger charge is 2.52. The number of rotatable bonds is 11. The molecule has 0 radical (unpaired) electrons. The molecule has 5 aliphatic rings. The number of amides is 6. The number of methoxy groups -OCH3 is 2. The summed E-state index contributed by atoms with van der Waals surface area (Å²) in [5, 5.41) is 5.42. The number of carbonyl (C=O) groups excluding carboxylic acids is 5. The number of fused-ring (bicyclic) bond motifs is 2. The Bertz CT molecular complexity index is 2250. The first kappa shape index (κ1) is 39.1. The van der Waals surface area contributed by atoms with E-state index in [0.717, 1.165) is 53.1 Å². The van der Waals surface area contributed by atoms with Crippen LogP contribution in [-0.4, -0.2) is 127 Å². The summed E-state index contributed by atoms with van der Waals surface area (Å²) >= 11 is 0. The van der Waals surface area contributed by atoms with Crippen molar-refractivity contribution in [2.24, 2.45) is 12.5 Å². The van der Waals surface area contributed by atoms with Gasteiger partial charge in [-0.15, -0.1) is 0 Å². The molecule has 1 aliphatic carbocycles. The van der Waals surface area contributed by atoms with Crippen molar-refractivity contribution in [1.29, 1.82) is 0 Å². The van der Waals surface area contributed by atoms with Crippen LogP contribution in [0.2, 0.25) is 0 Å². The predicted molar refractivity (Wildman–Crippen MR) is 211 cm³/mol. The molecule has 2 N–H and O–H groups in total. The summed E-state index contributed by atoms with van der Waals surface area (Å²) in [6, 6.07) is 7.59. The third-order valence-corrected chi connectivity index (χ3v) is 12.1. The average Bonchev–Trinajstić information content (AvgIpc) is 3.41. The first-order chi connectivity index (χ1) is 27.8. The molecule has 16 heteroatoms. The van der Waals surface area contributed by atoms with Crippen molar-refractivity contribution in [1.82, 2.24) is 34.8 Å². The van der Waals surface area contributed by atoms with Crippen LogP contribution in [0.3, 0.4) is 0 Å². The average molecular weight is 796 g/mol. The monoisotopic (exact) mass is 795 g/mol. The molecule has 8 rings (SSSR count). The molecule has 0 bridgehead atoms. The fourth-order valence-electron chi connectivity index (χ4n) is 9.34. The van der Waals surface area contributed by atoms with E-state index in [1.807, 2.05) is 32.4 Å². The molecule has 3 aromatic rings. The summed E-state index contributed by atoms with van der Waals surface area (Å²) < 4.78 is 19.1. The zero-order valence-electron chi connectivity index (χ0n) is 33.5. The second-order valence-electron chi connectivity index (χ2n) is 16.5. The highest BCUT2D eigenvalue weighted by atomic mass is 16.5. The number of benzene rings is 2. The van der Waals surface area contributed by atoms with E-state index in [4.69, 9.17) is 14.2 Å². The lowest BCUT2D eigenvalue weighted by Crippen LogP contribution is -2.67. The molecule has 6 amide bonds. The van der Waals surface area contributed by atoms with Gasteiger partial charge in [0.25, 0.3) is 17.4 Å². The Morgan fingerprint density at radius 2 is 1.64 bits per heavy atom. The minimum atomic E-state index is -1.02. The molecule has 2 saturated heterocycles. The molecular formula is C42H49N7O9. The molecular weight excluding hydrogens is 747 g/mol. The lowest BCUT2D eigenvalue weighted by atomic mass is 9.60. The largest absolute Gasteiger partial charge is 0.496 e. The van der Waals surface area contributed by atoms with Crippen molar-refractivity contribution in [2.45, 2.75) is 57.3 Å². The van der Waals surface area contributed by atoms with E-state index in [2.05, 4.69) is 20.4 Å². The van der Waals surface area contributed by atoms with Gasteiger partial charge in [0.15, 0.2) is 0 Å². The Morgan fingerprint density at radius 3 is 2.31 bits per heavy atom. The zero-order chi connectivity index (χ0) is 41.0. The van der Waals surface area contributed by atoms with E-state index >= 15 is 0 Å². The van der Waals surface area contributed by atoms with Crippen LogP contribution < -0.4 is 30.4 Å². The summed E-state index contributed by atoms with van der Waals surface area (Å²) in [5.41, 5.74) is 4.74. The van der Waals surface area contributed by atoms with Crippen LogP contribution in [0.5, 0.6) is 17.2 Å². The molecule has 3 fully saturated rings. The van der Waals surface area contributed by atoms with E-state index in [1.165, 1.54) is 6.07 Å². The van der Waals surface area contributed by atoms with Crippen LogP contribution in [-0.2, 0) is 36.1 Å². The van der Waals surface area contributed by atoms with Crippen molar-refractivity contribution >= 4 is 29.7 Å². The quantitative estimate of drug-likeness (QED) is 0.273. The van der Waals surface area contributed by atoms with Crippen LogP contribution in [0, 0.1) is 5.41 Å². The molecule has 1 spiro atoms. The molecule has 4 aliphatic heterocycles. The van der Waals surface area contributed by atoms with Gasteiger partial charge in [-0.05, 0) is 86.7 Å². The Kier molecular flexibility index (Phi) is 10.3. The van der Waals surface area contributed by atoms with Gasteiger partial charge in [0.1, 0.15) is 29.9 Å². The second kappa shape index (κ2) is 15.2. The highest BCUT2D eigenvalue weighted by molar-refractivity contribution is 6.23. The number of likely N-dealkylation sites (tertiary alicyclic amines) is 1. The first-order valence-electron chi connectivity index (χ1n) is 19.7. The number of aromatic nitrogens is 1. The van der Waals surface area contributed by atoms with E-state index in [9.17, 15) is 28.8 Å². The lowest BCUT2D eigenvalue weighted by Gasteiger charge is -2.59. The smallest absolute Gasteiger partial charge is 0.317 e. The van der Waals surface area contributed by atoms with E-state index < -0.39 is 29.7 Å². The molecule has 16 nitrogen and oxygen atoms in total. The molecule has 1 aromatic heterocycles. The number of pyridine rings is 1. The van der Waals surface area contributed by atoms with Gasteiger partial charge >= 0.3 is 6.03 Å². The van der Waals surface area contributed by atoms with Gasteiger partial charge < -0.3 is 33.9 Å². The summed E-state index contributed by atoms with van der Waals surface area (Å²) in [6.45, 7) is 4.20. The number of piperidine rings is 1. The van der Waals surface area contributed by atoms with Crippen molar-refractivity contribution < 1.29 is 38.2 Å². The molecule has 58 heavy (non-hydrogen) atoms. The van der Waals surface area contributed by atoms with Crippen LogP contribution in [0.4, 0.5) is 4.79 Å². The maximum atomic E-state index is 13.5. The van der Waals surface area contributed by atoms with Crippen molar-refractivity contribution in [3.8, 4) is 28.4 Å². The SMILES string of the molecule is COc1cc(-c2cn(C)c(=O)c3c2CCN(C(=O)NC2CC4(C2)CN(CCOc2ccc5c(c2)C(=O)N(C2CCC(=O)NC2=O)C5=O)C4)C3)cc(OC)c1CN(C)C. The number of carbonyl (C=O) groups is 5. The van der Waals surface area contributed by atoms with Crippen molar-refractivity contribution in [3.63, 3.8) is 0 Å². The normalized spacial score (nSPS) is 20.1. The first-order valence-corrected chi connectivity index (χ1v) is 19.7. The van der Waals surface area contributed by atoms with Gasteiger partial charge in [-0.3, -0.25) is 39.1 Å². The fraction of sp³-hybridized carbons (Fsp3) is 0.476. The van der Waals surface area contributed by atoms with Gasteiger partial charge in [-0.25, -0.2) is 4.79 Å². The van der Waals surface area contributed by atoms with Crippen molar-refractivity contribution in [2.75, 3.05) is 61.1 Å². The van der Waals surface area contributed by atoms with E-state index in [1.54, 1.807) is 42.9 Å². The van der Waals surface area contributed by atoms with Gasteiger partial charge in [-0.2, -0.15) is 0 Å². The number of aryl methyl sites for hydroxylation is 1. The molecule has 306 valence electrons. The Morgan fingerprint density at radius 1 is 0.931 bits per heavy atom. The highest BCUT2D eigenvalue weighted by Crippen LogP contribution is 2.48. The fourth-order valence-corrected chi connectivity index (χ4v) is 9.34. The Balaban J connectivity index is 0.820. The number of nitrogens with zero attached hydrogens (tertiary/aromatic N) is 5. The second-order valence-corrected chi connectivity index (χ2v) is 16.5. The van der Waals surface area contributed by atoms with Crippen LogP contribution in [0.1, 0.15) is 63.1 Å². The maximum absolute atomic E-state index is 13.5. The van der Waals surface area contributed by atoms with Crippen LogP contribution >= 0.6 is 0 Å². The molecule has 1 unspecified atom stereocenters. The Hall–Kier alpha value is -5.74. The van der Waals surface area contributed by atoms with Crippen LogP contribution in [0.25, 0.3) is 11.1 Å². The topological polar surface area (TPSA) is 172 Å². The molecule has 5 heterocycles. The van der Waals surface area contributed by atoms with E-state index in [0.29, 0.717) is 55.5 Å². The summed E-state index contributed by atoms with van der Waals surface area (Å²) in [4.78, 5) is 84.0. The summed E-state index contributed by atoms with van der Waals surface area (Å²) in [6.07, 6.45) is 4.32. The summed E-state index contributed by atoms with van der Waals surface area (Å²) in [5.74, 6) is -0.315. The zero-order valence-corrected chi connectivity index (χ0v) is 33.5. The number of imide groups is 2. The third kappa shape index (κ3) is 7.08. The maximum Gasteiger partial charge on any atom is 0.317 e. The molecule has 2 aromatic carbocycles. The number of hydrogen-bond acceptors (Lipinski definition) is 11. The third-order valence-electron chi connectivity index (χ3n) is 12.1. The molecule has 1 atom stereocenters. The van der Waals surface area contributed by atoms with Gasteiger partial charge in [0, 0.05) is 69.6 Å². The van der Waals surface area contributed by atoms with E-state index in [-0.39, 0.29) is 53.6 Å². The van der Waals surface area contributed by atoms with Crippen LogP contribution in [0.15, 0.2) is 41.3 Å². The predicted octanol–water partition coefficient (Wildman–Crippen LogP) is 2.14. The Labute approximate surface area is 336 Å². The number of urea groups is 1. The van der Waals surface area contributed by atoms with Gasteiger partial charge in [-0.1, -0.05) is 0 Å². The van der Waals surface area contributed by atoms with Gasteiger partial charge in [0.05, 0.1) is 37.5 Å². The van der Waals surface area contributed by atoms with Crippen molar-refractivity contribution in [3.05, 3.63) is 74.7 Å². The summed E-state index contributed by atoms with van der Waals surface area (Å²) in [7, 11) is 8.99. The minimum Gasteiger partial charge on any atom is -0.496 e.